The highest BCUT2D eigenvalue weighted by Gasteiger charge is 2.55. The third kappa shape index (κ3) is 5.63. The Morgan fingerprint density at radius 1 is 1.12 bits per heavy atom. The molecule has 0 radical (unpaired) electrons. The fourth-order valence-electron chi connectivity index (χ4n) is 3.01. The number of carbonyl (C=O) groups is 2. The second kappa shape index (κ2) is 10.2. The number of fused-ring (bicyclic) bond motifs is 1. The Kier molecular flexibility index (Phi) is 7.75. The van der Waals surface area contributed by atoms with Gasteiger partial charge in [0.25, 0.3) is 0 Å². The van der Waals surface area contributed by atoms with Gasteiger partial charge in [0.2, 0.25) is 0 Å². The van der Waals surface area contributed by atoms with Crippen LogP contribution in [0.5, 0.6) is 5.75 Å². The SMILES string of the molecule is CC(C)OC(=O)[C@@H](C)CNP(=O)(Oc1ccccc1)C(F)(F)c1ccc2sc(C(=O)O)cc2c1. The van der Waals surface area contributed by atoms with Gasteiger partial charge < -0.3 is 14.4 Å². The number of carboxylic acids is 1. The van der Waals surface area contributed by atoms with Gasteiger partial charge in [0, 0.05) is 16.8 Å². The maximum absolute atomic E-state index is 15.8. The third-order valence-corrected chi connectivity index (χ3v) is 7.95. The topological polar surface area (TPSA) is 102 Å². The van der Waals surface area contributed by atoms with Crippen molar-refractivity contribution in [3.8, 4) is 5.75 Å². The highest BCUT2D eigenvalue weighted by atomic mass is 32.1. The molecule has 3 rings (SSSR count). The molecule has 11 heteroatoms. The van der Waals surface area contributed by atoms with Crippen molar-refractivity contribution in [2.24, 2.45) is 5.92 Å². The van der Waals surface area contributed by atoms with E-state index in [1.807, 2.05) is 0 Å². The number of benzene rings is 2. The highest BCUT2D eigenvalue weighted by Crippen LogP contribution is 2.63. The molecule has 2 aromatic carbocycles. The Hall–Kier alpha value is -2.81. The van der Waals surface area contributed by atoms with E-state index in [1.54, 1.807) is 32.0 Å². The van der Waals surface area contributed by atoms with Crippen LogP contribution in [0.3, 0.4) is 0 Å². The van der Waals surface area contributed by atoms with Crippen LogP contribution in [0, 0.1) is 5.92 Å². The molecule has 182 valence electrons. The predicted octanol–water partition coefficient (Wildman–Crippen LogP) is 6.10. The molecule has 34 heavy (non-hydrogen) atoms. The van der Waals surface area contributed by atoms with E-state index in [0.29, 0.717) is 4.70 Å². The zero-order valence-electron chi connectivity index (χ0n) is 18.7. The number of halogens is 2. The molecule has 0 aliphatic rings. The third-order valence-electron chi connectivity index (χ3n) is 4.78. The fraction of sp³-hybridized carbons (Fsp3) is 0.304. The van der Waals surface area contributed by atoms with Gasteiger partial charge in [-0.05, 0) is 49.6 Å². The number of alkyl halides is 2. The molecule has 0 amide bonds. The number of para-hydroxylation sites is 1. The fourth-order valence-corrected chi connectivity index (χ4v) is 5.68. The van der Waals surface area contributed by atoms with Crippen molar-refractivity contribution in [1.82, 2.24) is 5.09 Å². The van der Waals surface area contributed by atoms with E-state index in [4.69, 9.17) is 9.26 Å². The van der Waals surface area contributed by atoms with E-state index in [-0.39, 0.29) is 22.6 Å². The van der Waals surface area contributed by atoms with Crippen LogP contribution in [0.2, 0.25) is 0 Å². The molecule has 2 atom stereocenters. The number of esters is 1. The number of carbonyl (C=O) groups excluding carboxylic acids is 1. The lowest BCUT2D eigenvalue weighted by Gasteiger charge is -2.29. The molecular weight excluding hydrogens is 487 g/mol. The Morgan fingerprint density at radius 2 is 1.79 bits per heavy atom. The van der Waals surface area contributed by atoms with Gasteiger partial charge in [-0.15, -0.1) is 11.3 Å². The average molecular weight is 511 g/mol. The molecule has 2 N–H and O–H groups in total. The summed E-state index contributed by atoms with van der Waals surface area (Å²) in [6, 6.07) is 12.3. The lowest BCUT2D eigenvalue weighted by atomic mass is 10.1. The summed E-state index contributed by atoms with van der Waals surface area (Å²) in [5, 5.41) is 11.8. The zero-order chi connectivity index (χ0) is 25.1. The number of ether oxygens (including phenoxy) is 1. The van der Waals surface area contributed by atoms with Gasteiger partial charge in [-0.3, -0.25) is 9.36 Å². The van der Waals surface area contributed by atoms with Gasteiger partial charge in [-0.2, -0.15) is 8.78 Å². The summed E-state index contributed by atoms with van der Waals surface area (Å²) >= 11 is 0.945. The molecule has 0 bridgehead atoms. The first-order valence-corrected chi connectivity index (χ1v) is 12.8. The Labute approximate surface area is 199 Å². The van der Waals surface area contributed by atoms with Crippen LogP contribution in [0.1, 0.15) is 36.0 Å². The standard InChI is InChI=1S/C23H24F2NO6PS/c1-14(2)31-22(29)15(3)13-26-33(30,32-18-7-5-4-6-8-18)23(24,25)17-9-10-19-16(11-17)12-20(34-19)21(27)28/h4-12,14-15H,13H2,1-3H3,(H,26,30)(H,27,28)/t15-,33?/m0/s1. The lowest BCUT2D eigenvalue weighted by Crippen LogP contribution is -2.33. The number of carboxylic acid groups (broad SMARTS) is 1. The highest BCUT2D eigenvalue weighted by molar-refractivity contribution is 7.58. The monoisotopic (exact) mass is 511 g/mol. The second-order valence-electron chi connectivity index (χ2n) is 7.91. The second-order valence-corrected chi connectivity index (χ2v) is 11.2. The van der Waals surface area contributed by atoms with E-state index < -0.39 is 42.7 Å². The largest absolute Gasteiger partial charge is 0.477 e. The van der Waals surface area contributed by atoms with Crippen molar-refractivity contribution in [3.05, 3.63) is 65.0 Å². The number of rotatable bonds is 10. The summed E-state index contributed by atoms with van der Waals surface area (Å²) in [5.74, 6) is -2.71. The van der Waals surface area contributed by atoms with E-state index in [9.17, 15) is 19.3 Å². The molecule has 7 nitrogen and oxygen atoms in total. The number of aromatic carboxylic acids is 1. The smallest absolute Gasteiger partial charge is 0.390 e. The maximum atomic E-state index is 15.8. The minimum atomic E-state index is -4.99. The maximum Gasteiger partial charge on any atom is 0.390 e. The van der Waals surface area contributed by atoms with Crippen molar-refractivity contribution in [2.45, 2.75) is 32.5 Å². The van der Waals surface area contributed by atoms with Crippen LogP contribution in [0.25, 0.3) is 10.1 Å². The molecule has 0 saturated carbocycles. The predicted molar refractivity (Wildman–Crippen MR) is 126 cm³/mol. The Bertz CT molecular complexity index is 1230. The van der Waals surface area contributed by atoms with E-state index in [0.717, 1.165) is 23.5 Å². The number of thiophene rings is 1. The molecular formula is C23H24F2NO6PS. The zero-order valence-corrected chi connectivity index (χ0v) is 20.4. The van der Waals surface area contributed by atoms with Gasteiger partial charge in [-0.1, -0.05) is 31.2 Å². The minimum Gasteiger partial charge on any atom is -0.477 e. The van der Waals surface area contributed by atoms with Crippen LogP contribution in [0.15, 0.2) is 54.6 Å². The molecule has 0 fully saturated rings. The molecule has 0 aliphatic carbocycles. The van der Waals surface area contributed by atoms with Crippen molar-refractivity contribution in [1.29, 1.82) is 0 Å². The summed E-state index contributed by atoms with van der Waals surface area (Å²) in [6.07, 6.45) is -0.392. The average Bonchev–Trinajstić information content (AvgIpc) is 3.21. The summed E-state index contributed by atoms with van der Waals surface area (Å²) in [6.45, 7) is 4.40. The van der Waals surface area contributed by atoms with Crippen molar-refractivity contribution < 1.29 is 37.3 Å². The normalized spacial score (nSPS) is 14.5. The quantitative estimate of drug-likeness (QED) is 0.251. The van der Waals surface area contributed by atoms with Crippen molar-refractivity contribution >= 4 is 40.9 Å². The van der Waals surface area contributed by atoms with E-state index >= 15 is 8.78 Å². The van der Waals surface area contributed by atoms with Crippen LogP contribution in [-0.2, 0) is 19.8 Å². The summed E-state index contributed by atoms with van der Waals surface area (Å²) in [7, 11) is -4.99. The minimum absolute atomic E-state index is 0.00482. The van der Waals surface area contributed by atoms with E-state index in [2.05, 4.69) is 5.09 Å². The van der Waals surface area contributed by atoms with Crippen LogP contribution in [-0.4, -0.2) is 29.7 Å². The molecule has 0 saturated heterocycles. The molecule has 1 heterocycles. The first-order chi connectivity index (χ1) is 15.9. The molecule has 1 aromatic heterocycles. The summed E-state index contributed by atoms with van der Waals surface area (Å²) < 4.78 is 56.1. The summed E-state index contributed by atoms with van der Waals surface area (Å²) in [5.41, 5.74) is -4.62. The van der Waals surface area contributed by atoms with Gasteiger partial charge in [-0.25, -0.2) is 9.88 Å². The first kappa shape index (κ1) is 25.8. The van der Waals surface area contributed by atoms with Crippen molar-refractivity contribution in [2.75, 3.05) is 6.54 Å². The number of hydrogen-bond donors (Lipinski definition) is 2. The lowest BCUT2D eigenvalue weighted by molar-refractivity contribution is -0.151. The molecule has 0 spiro atoms. The molecule has 1 unspecified atom stereocenters. The number of nitrogens with one attached hydrogen (secondary N) is 1. The van der Waals surface area contributed by atoms with Gasteiger partial charge in [0.1, 0.15) is 10.6 Å². The number of hydrogen-bond acceptors (Lipinski definition) is 6. The summed E-state index contributed by atoms with van der Waals surface area (Å²) in [4.78, 5) is 23.4. The van der Waals surface area contributed by atoms with Gasteiger partial charge >= 0.3 is 25.1 Å². The molecule has 0 aliphatic heterocycles. The molecule has 3 aromatic rings. The van der Waals surface area contributed by atoms with E-state index in [1.165, 1.54) is 31.2 Å². The van der Waals surface area contributed by atoms with Crippen LogP contribution in [0.4, 0.5) is 8.78 Å². The Morgan fingerprint density at radius 3 is 2.41 bits per heavy atom. The Balaban J connectivity index is 1.96. The van der Waals surface area contributed by atoms with Gasteiger partial charge in [0.05, 0.1) is 12.0 Å². The van der Waals surface area contributed by atoms with Crippen LogP contribution < -0.4 is 9.61 Å². The first-order valence-electron chi connectivity index (χ1n) is 10.4. The van der Waals surface area contributed by atoms with Gasteiger partial charge in [0.15, 0.2) is 0 Å². The van der Waals surface area contributed by atoms with Crippen LogP contribution >= 0.6 is 18.9 Å². The van der Waals surface area contributed by atoms with Crippen molar-refractivity contribution in [3.63, 3.8) is 0 Å².